The van der Waals surface area contributed by atoms with Gasteiger partial charge in [0.1, 0.15) is 11.4 Å². The number of hydrogen-bond acceptors (Lipinski definition) is 2. The van der Waals surface area contributed by atoms with Gasteiger partial charge in [-0.2, -0.15) is 0 Å². The van der Waals surface area contributed by atoms with Crippen molar-refractivity contribution in [2.24, 2.45) is 0 Å². The molecule has 2 rings (SSSR count). The number of halogens is 1. The maximum Gasteiger partial charge on any atom is 0.343 e. The summed E-state index contributed by atoms with van der Waals surface area (Å²) < 4.78 is 17.8. The minimum absolute atomic E-state index is 0.0463. The van der Waals surface area contributed by atoms with Gasteiger partial charge in [0.05, 0.1) is 12.6 Å². The lowest BCUT2D eigenvalue weighted by Crippen LogP contribution is -2.05. The first-order chi connectivity index (χ1) is 6.74. The molecule has 1 aromatic carbocycles. The quantitative estimate of drug-likeness (QED) is 0.704. The topological polar surface area (TPSA) is 42.1 Å². The van der Waals surface area contributed by atoms with Gasteiger partial charge in [0.25, 0.3) is 0 Å². The van der Waals surface area contributed by atoms with Crippen LogP contribution in [0.15, 0.2) is 24.4 Å². The molecule has 0 aliphatic rings. The smallest absolute Gasteiger partial charge is 0.343 e. The van der Waals surface area contributed by atoms with E-state index in [-0.39, 0.29) is 5.56 Å². The predicted molar refractivity (Wildman–Crippen MR) is 49.6 cm³/mol. The fourth-order valence-corrected chi connectivity index (χ4v) is 1.40. The molecule has 0 atom stereocenters. The molecule has 1 heterocycles. The van der Waals surface area contributed by atoms with Gasteiger partial charge in [-0.05, 0) is 18.2 Å². The number of esters is 1. The number of benzene rings is 1. The second kappa shape index (κ2) is 3.14. The Morgan fingerprint density at radius 2 is 2.21 bits per heavy atom. The van der Waals surface area contributed by atoms with E-state index in [0.717, 1.165) is 5.39 Å². The molecule has 0 amide bonds. The van der Waals surface area contributed by atoms with Crippen molar-refractivity contribution in [3.63, 3.8) is 0 Å². The van der Waals surface area contributed by atoms with Crippen molar-refractivity contribution in [2.45, 2.75) is 0 Å². The number of fused-ring (bicyclic) bond motifs is 1. The Hall–Kier alpha value is -1.84. The molecule has 0 radical (unpaired) electrons. The van der Waals surface area contributed by atoms with Gasteiger partial charge < -0.3 is 9.72 Å². The summed E-state index contributed by atoms with van der Waals surface area (Å²) in [5, 5.41) is 0.784. The van der Waals surface area contributed by atoms with Crippen LogP contribution in [0.25, 0.3) is 10.9 Å². The molecule has 72 valence electrons. The number of ether oxygens (including phenoxy) is 1. The highest BCUT2D eigenvalue weighted by molar-refractivity contribution is 6.03. The molecule has 2 aromatic rings. The molecule has 14 heavy (non-hydrogen) atoms. The van der Waals surface area contributed by atoms with Gasteiger partial charge in [0.2, 0.25) is 0 Å². The molecular formula is C10H8FNO2. The number of H-pyrrole nitrogens is 1. The van der Waals surface area contributed by atoms with E-state index in [2.05, 4.69) is 9.72 Å². The Morgan fingerprint density at radius 3 is 2.93 bits per heavy atom. The normalized spacial score (nSPS) is 10.4. The van der Waals surface area contributed by atoms with E-state index in [1.165, 1.54) is 13.2 Å². The molecule has 0 saturated carbocycles. The van der Waals surface area contributed by atoms with E-state index in [0.29, 0.717) is 5.52 Å². The molecule has 1 N–H and O–H groups in total. The van der Waals surface area contributed by atoms with Crippen molar-refractivity contribution < 1.29 is 13.9 Å². The summed E-state index contributed by atoms with van der Waals surface area (Å²) in [6, 6.07) is 4.62. The largest absolute Gasteiger partial charge is 0.465 e. The van der Waals surface area contributed by atoms with Crippen molar-refractivity contribution in [3.05, 3.63) is 35.8 Å². The Kier molecular flexibility index (Phi) is 1.96. The van der Waals surface area contributed by atoms with Crippen LogP contribution in [0.1, 0.15) is 10.4 Å². The van der Waals surface area contributed by atoms with Crippen LogP contribution in [0.4, 0.5) is 4.39 Å². The number of nitrogens with one attached hydrogen (secondary N) is 1. The third-order valence-corrected chi connectivity index (χ3v) is 2.07. The van der Waals surface area contributed by atoms with Crippen LogP contribution in [0.2, 0.25) is 0 Å². The minimum Gasteiger partial charge on any atom is -0.465 e. The van der Waals surface area contributed by atoms with Crippen molar-refractivity contribution in [1.82, 2.24) is 4.98 Å². The van der Waals surface area contributed by atoms with Gasteiger partial charge in [0, 0.05) is 11.6 Å². The molecule has 0 aliphatic heterocycles. The molecule has 3 nitrogen and oxygen atoms in total. The molecule has 0 bridgehead atoms. The van der Waals surface area contributed by atoms with Gasteiger partial charge >= 0.3 is 5.97 Å². The number of rotatable bonds is 1. The van der Waals surface area contributed by atoms with E-state index in [1.54, 1.807) is 18.3 Å². The van der Waals surface area contributed by atoms with Crippen LogP contribution in [0, 0.1) is 5.82 Å². The van der Waals surface area contributed by atoms with Crippen LogP contribution in [0.3, 0.4) is 0 Å². The predicted octanol–water partition coefficient (Wildman–Crippen LogP) is 2.09. The van der Waals surface area contributed by atoms with Gasteiger partial charge in [-0.1, -0.05) is 0 Å². The van der Waals surface area contributed by atoms with Crippen LogP contribution < -0.4 is 0 Å². The summed E-state index contributed by atoms with van der Waals surface area (Å²) in [6.45, 7) is 0. The maximum absolute atomic E-state index is 13.3. The molecule has 0 spiro atoms. The molecular weight excluding hydrogens is 185 g/mol. The third-order valence-electron chi connectivity index (χ3n) is 2.07. The summed E-state index contributed by atoms with van der Waals surface area (Å²) in [6.07, 6.45) is 1.65. The van der Waals surface area contributed by atoms with Gasteiger partial charge in [-0.25, -0.2) is 9.18 Å². The highest BCUT2D eigenvalue weighted by atomic mass is 19.1. The zero-order chi connectivity index (χ0) is 10.1. The number of carbonyl (C=O) groups is 1. The monoisotopic (exact) mass is 193 g/mol. The standard InChI is InChI=1S/C10H8FNO2/c1-14-10(13)8-7(11)3-2-6-4-5-12-9(6)8/h2-5,12H,1H3. The van der Waals surface area contributed by atoms with Crippen molar-refractivity contribution >= 4 is 16.9 Å². The minimum atomic E-state index is -0.671. The van der Waals surface area contributed by atoms with Crippen LogP contribution in [-0.4, -0.2) is 18.1 Å². The van der Waals surface area contributed by atoms with Crippen LogP contribution >= 0.6 is 0 Å². The van der Waals surface area contributed by atoms with Crippen molar-refractivity contribution in [1.29, 1.82) is 0 Å². The zero-order valence-corrected chi connectivity index (χ0v) is 7.50. The highest BCUT2D eigenvalue weighted by Crippen LogP contribution is 2.20. The summed E-state index contributed by atoms with van der Waals surface area (Å²) in [7, 11) is 1.23. The fourth-order valence-electron chi connectivity index (χ4n) is 1.40. The molecule has 1 aromatic heterocycles. The second-order valence-electron chi connectivity index (χ2n) is 2.86. The number of aromatic amines is 1. The van der Waals surface area contributed by atoms with Gasteiger partial charge in [-0.3, -0.25) is 0 Å². The number of aromatic nitrogens is 1. The van der Waals surface area contributed by atoms with Gasteiger partial charge in [-0.15, -0.1) is 0 Å². The lowest BCUT2D eigenvalue weighted by Gasteiger charge is -2.02. The second-order valence-corrected chi connectivity index (χ2v) is 2.86. The third kappa shape index (κ3) is 1.16. The summed E-state index contributed by atoms with van der Waals surface area (Å²) in [4.78, 5) is 14.1. The summed E-state index contributed by atoms with van der Waals surface area (Å²) in [5.41, 5.74) is 0.423. The Bertz CT molecular complexity index is 490. The lowest BCUT2D eigenvalue weighted by molar-refractivity contribution is 0.0598. The Balaban J connectivity index is 2.76. The molecule has 4 heteroatoms. The SMILES string of the molecule is COC(=O)c1c(F)ccc2cc[nH]c12. The first kappa shape index (κ1) is 8.74. The molecule has 0 saturated heterocycles. The molecule has 0 aliphatic carbocycles. The van der Waals surface area contributed by atoms with Crippen molar-refractivity contribution in [2.75, 3.05) is 7.11 Å². The van der Waals surface area contributed by atoms with Gasteiger partial charge in [0.15, 0.2) is 0 Å². The van der Waals surface area contributed by atoms with E-state index in [4.69, 9.17) is 0 Å². The Labute approximate surface area is 79.5 Å². The average Bonchev–Trinajstić information content (AvgIpc) is 2.64. The van der Waals surface area contributed by atoms with Crippen LogP contribution in [-0.2, 0) is 4.74 Å². The average molecular weight is 193 g/mol. The Morgan fingerprint density at radius 1 is 1.43 bits per heavy atom. The van der Waals surface area contributed by atoms with Crippen LogP contribution in [0.5, 0.6) is 0 Å². The van der Waals surface area contributed by atoms with E-state index in [1.807, 2.05) is 0 Å². The first-order valence-corrected chi connectivity index (χ1v) is 4.08. The number of methoxy groups -OCH3 is 1. The zero-order valence-electron chi connectivity index (χ0n) is 7.50. The number of carbonyl (C=O) groups excluding carboxylic acids is 1. The molecule has 0 unspecified atom stereocenters. The van der Waals surface area contributed by atoms with Crippen molar-refractivity contribution in [3.8, 4) is 0 Å². The number of hydrogen-bond donors (Lipinski definition) is 1. The summed E-state index contributed by atoms with van der Waals surface area (Å²) in [5.74, 6) is -1.25. The van der Waals surface area contributed by atoms with E-state index >= 15 is 0 Å². The van der Waals surface area contributed by atoms with E-state index < -0.39 is 11.8 Å². The lowest BCUT2D eigenvalue weighted by atomic mass is 10.1. The fraction of sp³-hybridized carbons (Fsp3) is 0.100. The maximum atomic E-state index is 13.3. The molecule has 0 fully saturated rings. The summed E-state index contributed by atoms with van der Waals surface area (Å²) >= 11 is 0. The first-order valence-electron chi connectivity index (χ1n) is 4.08. The van der Waals surface area contributed by atoms with E-state index in [9.17, 15) is 9.18 Å². The highest BCUT2D eigenvalue weighted by Gasteiger charge is 2.16.